The van der Waals surface area contributed by atoms with Crippen LogP contribution in [0.2, 0.25) is 0 Å². The third-order valence-corrected chi connectivity index (χ3v) is 6.96. The molecular formula is C26H29N3O2S. The van der Waals surface area contributed by atoms with Gasteiger partial charge in [0.25, 0.3) is 0 Å². The predicted molar refractivity (Wildman–Crippen MR) is 134 cm³/mol. The topological polar surface area (TPSA) is 46.5 Å². The molecule has 1 atom stereocenters. The summed E-state index contributed by atoms with van der Waals surface area (Å²) in [6.07, 6.45) is 3.91. The number of benzene rings is 2. The Hall–Kier alpha value is -2.86. The van der Waals surface area contributed by atoms with E-state index in [0.29, 0.717) is 5.11 Å². The number of anilines is 1. The summed E-state index contributed by atoms with van der Waals surface area (Å²) in [5.74, 6) is 0.878. The van der Waals surface area contributed by atoms with E-state index >= 15 is 0 Å². The van der Waals surface area contributed by atoms with Gasteiger partial charge in [0.1, 0.15) is 5.75 Å². The lowest BCUT2D eigenvalue weighted by atomic mass is 10.0. The van der Waals surface area contributed by atoms with E-state index < -0.39 is 0 Å². The second-order valence-electron chi connectivity index (χ2n) is 8.77. The van der Waals surface area contributed by atoms with Crippen molar-refractivity contribution in [3.05, 3.63) is 69.5 Å². The number of ether oxygens (including phenoxy) is 1. The van der Waals surface area contributed by atoms with E-state index in [1.165, 1.54) is 0 Å². The molecule has 0 saturated carbocycles. The standard InChI is InChI=1S/C26H29N3O2S/c1-3-4-15-31-19-8-6-18(7-9-19)27-26(32)29-14-13-28-22-11-5-17(2)16-21(22)25(30)20-10-12-23(29)24(20)28/h5-9,11,16,23H,3-4,10,12-15H2,1-2H3,(H,27,32)/t23-/m1/s1. The van der Waals surface area contributed by atoms with Crippen molar-refractivity contribution in [2.75, 3.05) is 18.5 Å². The van der Waals surface area contributed by atoms with Gasteiger partial charge in [-0.3, -0.25) is 4.79 Å². The Morgan fingerprint density at radius 1 is 1.19 bits per heavy atom. The van der Waals surface area contributed by atoms with Gasteiger partial charge in [-0.05, 0) is 74.8 Å². The Bertz CT molecular complexity index is 1230. The second-order valence-corrected chi connectivity index (χ2v) is 9.16. The van der Waals surface area contributed by atoms with E-state index in [1.807, 2.05) is 37.3 Å². The lowest BCUT2D eigenvalue weighted by molar-refractivity contribution is 0.263. The minimum Gasteiger partial charge on any atom is -0.494 e. The zero-order chi connectivity index (χ0) is 22.2. The number of thiocarbonyl (C=S) groups is 1. The van der Waals surface area contributed by atoms with Gasteiger partial charge in [0.15, 0.2) is 10.5 Å². The van der Waals surface area contributed by atoms with E-state index in [2.05, 4.69) is 33.8 Å². The van der Waals surface area contributed by atoms with Gasteiger partial charge in [0.05, 0.1) is 18.2 Å². The molecule has 1 aliphatic carbocycles. The summed E-state index contributed by atoms with van der Waals surface area (Å²) in [6, 6.07) is 14.3. The molecule has 0 saturated heterocycles. The predicted octanol–water partition coefficient (Wildman–Crippen LogP) is 5.19. The van der Waals surface area contributed by atoms with Crippen molar-refractivity contribution < 1.29 is 4.74 Å². The number of fused-ring (bicyclic) bond motifs is 2. The highest BCUT2D eigenvalue weighted by Crippen LogP contribution is 2.39. The average molecular weight is 448 g/mol. The third kappa shape index (κ3) is 3.66. The first-order valence-electron chi connectivity index (χ1n) is 11.5. The van der Waals surface area contributed by atoms with Crippen LogP contribution in [0.5, 0.6) is 5.75 Å². The van der Waals surface area contributed by atoms with E-state index in [-0.39, 0.29) is 11.5 Å². The van der Waals surface area contributed by atoms with Crippen LogP contribution in [-0.2, 0) is 13.0 Å². The molecule has 0 unspecified atom stereocenters. The molecule has 3 aromatic rings. The van der Waals surface area contributed by atoms with E-state index in [0.717, 1.165) is 84.5 Å². The van der Waals surface area contributed by atoms with Crippen molar-refractivity contribution in [3.8, 4) is 5.75 Å². The number of nitrogens with one attached hydrogen (secondary N) is 1. The van der Waals surface area contributed by atoms with Crippen LogP contribution in [-0.4, -0.2) is 27.7 Å². The summed E-state index contributed by atoms with van der Waals surface area (Å²) in [5.41, 5.74) is 5.44. The summed E-state index contributed by atoms with van der Waals surface area (Å²) in [7, 11) is 0. The molecule has 1 aromatic heterocycles. The van der Waals surface area contributed by atoms with Gasteiger partial charge in [0, 0.05) is 35.4 Å². The molecule has 166 valence electrons. The van der Waals surface area contributed by atoms with Crippen molar-refractivity contribution in [1.29, 1.82) is 0 Å². The summed E-state index contributed by atoms with van der Waals surface area (Å²) < 4.78 is 8.11. The molecule has 5 rings (SSSR count). The van der Waals surface area contributed by atoms with Gasteiger partial charge in [-0.25, -0.2) is 0 Å². The monoisotopic (exact) mass is 447 g/mol. The first-order valence-corrected chi connectivity index (χ1v) is 11.9. The zero-order valence-electron chi connectivity index (χ0n) is 18.7. The quantitative estimate of drug-likeness (QED) is 0.431. The molecule has 6 heteroatoms. The van der Waals surface area contributed by atoms with Crippen molar-refractivity contribution in [2.24, 2.45) is 0 Å². The normalized spacial score (nSPS) is 16.8. The molecule has 1 aliphatic heterocycles. The fourth-order valence-corrected chi connectivity index (χ4v) is 5.33. The van der Waals surface area contributed by atoms with Gasteiger partial charge in [-0.15, -0.1) is 0 Å². The molecule has 1 N–H and O–H groups in total. The summed E-state index contributed by atoms with van der Waals surface area (Å²) in [4.78, 5) is 15.5. The maximum Gasteiger partial charge on any atom is 0.192 e. The Kier molecular flexibility index (Phi) is 5.64. The fourth-order valence-electron chi connectivity index (χ4n) is 4.99. The van der Waals surface area contributed by atoms with Crippen molar-refractivity contribution >= 4 is 33.9 Å². The molecule has 0 bridgehead atoms. The largest absolute Gasteiger partial charge is 0.494 e. The molecule has 0 fully saturated rings. The molecular weight excluding hydrogens is 418 g/mol. The molecule has 0 amide bonds. The van der Waals surface area contributed by atoms with Crippen LogP contribution in [0, 0.1) is 6.92 Å². The second kappa shape index (κ2) is 8.58. The van der Waals surface area contributed by atoms with Gasteiger partial charge in [-0.1, -0.05) is 25.0 Å². The molecule has 0 radical (unpaired) electrons. The highest BCUT2D eigenvalue weighted by atomic mass is 32.1. The maximum atomic E-state index is 13.2. The van der Waals surface area contributed by atoms with E-state index in [9.17, 15) is 4.79 Å². The third-order valence-electron chi connectivity index (χ3n) is 6.62. The van der Waals surface area contributed by atoms with Crippen LogP contribution in [0.1, 0.15) is 49.0 Å². The van der Waals surface area contributed by atoms with Gasteiger partial charge in [0.2, 0.25) is 0 Å². The highest BCUT2D eigenvalue weighted by Gasteiger charge is 2.37. The average Bonchev–Trinajstić information content (AvgIpc) is 3.24. The molecule has 32 heavy (non-hydrogen) atoms. The molecule has 5 nitrogen and oxygen atoms in total. The highest BCUT2D eigenvalue weighted by molar-refractivity contribution is 7.80. The zero-order valence-corrected chi connectivity index (χ0v) is 19.5. The summed E-state index contributed by atoms with van der Waals surface area (Å²) in [6.45, 7) is 6.59. The van der Waals surface area contributed by atoms with Crippen LogP contribution in [0.25, 0.3) is 10.9 Å². The van der Waals surface area contributed by atoms with Crippen LogP contribution in [0.15, 0.2) is 47.3 Å². The summed E-state index contributed by atoms with van der Waals surface area (Å²) >= 11 is 5.81. The molecule has 2 aromatic carbocycles. The van der Waals surface area contributed by atoms with Crippen molar-refractivity contribution in [3.63, 3.8) is 0 Å². The number of unbranched alkanes of at least 4 members (excludes halogenated alkanes) is 1. The number of nitrogens with zero attached hydrogens (tertiary/aromatic N) is 2. The first-order chi connectivity index (χ1) is 15.6. The molecule has 0 spiro atoms. The van der Waals surface area contributed by atoms with Gasteiger partial charge < -0.3 is 19.5 Å². The van der Waals surface area contributed by atoms with Crippen molar-refractivity contribution in [2.45, 2.75) is 52.1 Å². The fraction of sp³-hybridized carbons (Fsp3) is 0.385. The molecule has 2 aliphatic rings. The van der Waals surface area contributed by atoms with Crippen LogP contribution < -0.4 is 15.5 Å². The smallest absolute Gasteiger partial charge is 0.192 e. The number of pyridine rings is 1. The minimum absolute atomic E-state index is 0.147. The van der Waals surface area contributed by atoms with Crippen LogP contribution in [0.3, 0.4) is 0 Å². The SMILES string of the molecule is CCCCOc1ccc(NC(=S)N2CCn3c4c(c(=O)c5cc(C)ccc53)CC[C@H]42)cc1. The van der Waals surface area contributed by atoms with Crippen LogP contribution >= 0.6 is 12.2 Å². The number of aromatic nitrogens is 1. The van der Waals surface area contributed by atoms with Gasteiger partial charge >= 0.3 is 0 Å². The number of hydrogen-bond acceptors (Lipinski definition) is 3. The molecule has 2 heterocycles. The maximum absolute atomic E-state index is 13.2. The lowest BCUT2D eigenvalue weighted by Crippen LogP contribution is -2.44. The Balaban J connectivity index is 1.37. The van der Waals surface area contributed by atoms with Crippen LogP contribution in [0.4, 0.5) is 5.69 Å². The Morgan fingerprint density at radius 2 is 2.00 bits per heavy atom. The number of rotatable bonds is 5. The lowest BCUT2D eigenvalue weighted by Gasteiger charge is -2.38. The number of hydrogen-bond donors (Lipinski definition) is 1. The van der Waals surface area contributed by atoms with E-state index in [1.54, 1.807) is 0 Å². The number of aryl methyl sites for hydroxylation is 1. The Labute approximate surface area is 194 Å². The summed E-state index contributed by atoms with van der Waals surface area (Å²) in [5, 5.41) is 4.96. The minimum atomic E-state index is 0.147. The van der Waals surface area contributed by atoms with Crippen molar-refractivity contribution in [1.82, 2.24) is 9.47 Å². The first kappa shape index (κ1) is 21.0. The van der Waals surface area contributed by atoms with E-state index in [4.69, 9.17) is 17.0 Å². The Morgan fingerprint density at radius 3 is 2.78 bits per heavy atom. The van der Waals surface area contributed by atoms with Gasteiger partial charge in [-0.2, -0.15) is 0 Å².